The summed E-state index contributed by atoms with van der Waals surface area (Å²) in [6, 6.07) is 1.21. The van der Waals surface area contributed by atoms with Crippen LogP contribution in [0.3, 0.4) is 0 Å². The van der Waals surface area contributed by atoms with Crippen molar-refractivity contribution in [1.82, 2.24) is 9.88 Å². The van der Waals surface area contributed by atoms with Gasteiger partial charge in [-0.2, -0.15) is 0 Å². The molecule has 1 aliphatic carbocycles. The highest BCUT2D eigenvalue weighted by Crippen LogP contribution is 2.27. The number of hydrogen-bond donors (Lipinski definition) is 1. The number of methoxy groups -OCH3 is 1. The number of hydrogen-bond acceptors (Lipinski definition) is 6. The van der Waals surface area contributed by atoms with Crippen LogP contribution in [0.1, 0.15) is 29.4 Å². The number of carbonyl (C=O) groups is 1. The number of esters is 1. The zero-order valence-corrected chi connectivity index (χ0v) is 11.8. The third-order valence-electron chi connectivity index (χ3n) is 3.26. The first-order valence-electron chi connectivity index (χ1n) is 6.11. The van der Waals surface area contributed by atoms with Crippen LogP contribution in [-0.2, 0) is 4.74 Å². The molecule has 0 radical (unpaired) electrons. The van der Waals surface area contributed by atoms with Crippen molar-refractivity contribution >= 4 is 22.4 Å². The number of nitrogens with one attached hydrogen (secondary N) is 1. The Balaban J connectivity index is 1.82. The maximum absolute atomic E-state index is 11.3. The van der Waals surface area contributed by atoms with Gasteiger partial charge in [0.05, 0.1) is 13.3 Å². The van der Waals surface area contributed by atoms with Crippen molar-refractivity contribution in [3.05, 3.63) is 11.1 Å². The summed E-state index contributed by atoms with van der Waals surface area (Å²) in [6.45, 7) is 3.03. The van der Waals surface area contributed by atoms with Gasteiger partial charge in [-0.3, -0.25) is 4.90 Å². The summed E-state index contributed by atoms with van der Waals surface area (Å²) in [5, 5.41) is 4.04. The van der Waals surface area contributed by atoms with Crippen LogP contribution < -0.4 is 5.32 Å². The minimum atomic E-state index is -0.330. The molecule has 1 fully saturated rings. The first kappa shape index (κ1) is 13.3. The molecule has 1 aromatic heterocycles. The van der Waals surface area contributed by atoms with Crippen LogP contribution in [0, 0.1) is 0 Å². The molecule has 0 bridgehead atoms. The van der Waals surface area contributed by atoms with Crippen LogP contribution in [-0.4, -0.2) is 48.6 Å². The highest BCUT2D eigenvalue weighted by molar-refractivity contribution is 7.17. The van der Waals surface area contributed by atoms with E-state index in [9.17, 15) is 4.79 Å². The van der Waals surface area contributed by atoms with Gasteiger partial charge in [0.1, 0.15) is 4.88 Å². The van der Waals surface area contributed by atoms with Crippen molar-refractivity contribution in [2.45, 2.75) is 31.8 Å². The molecule has 1 heterocycles. The fourth-order valence-electron chi connectivity index (χ4n) is 1.77. The summed E-state index contributed by atoms with van der Waals surface area (Å²) < 4.78 is 4.65. The summed E-state index contributed by atoms with van der Waals surface area (Å²) in [7, 11) is 3.54. The number of likely N-dealkylation sites (N-methyl/N-ethyl adjacent to an activating group) is 1. The molecule has 5 nitrogen and oxygen atoms in total. The average molecular weight is 269 g/mol. The van der Waals surface area contributed by atoms with Crippen LogP contribution in [0.25, 0.3) is 0 Å². The van der Waals surface area contributed by atoms with E-state index in [-0.39, 0.29) is 5.97 Å². The van der Waals surface area contributed by atoms with Gasteiger partial charge in [-0.05, 0) is 26.8 Å². The van der Waals surface area contributed by atoms with Crippen LogP contribution in [0.15, 0.2) is 6.20 Å². The number of rotatable bonds is 6. The Morgan fingerprint density at radius 3 is 3.06 bits per heavy atom. The second-order valence-corrected chi connectivity index (χ2v) is 5.68. The lowest BCUT2D eigenvalue weighted by molar-refractivity contribution is 0.0606. The molecule has 1 saturated carbocycles. The maximum Gasteiger partial charge on any atom is 0.349 e. The van der Waals surface area contributed by atoms with E-state index in [4.69, 9.17) is 0 Å². The minimum Gasteiger partial charge on any atom is -0.465 e. The normalized spacial score (nSPS) is 16.7. The Morgan fingerprint density at radius 1 is 1.72 bits per heavy atom. The van der Waals surface area contributed by atoms with Gasteiger partial charge in [0, 0.05) is 18.6 Å². The largest absolute Gasteiger partial charge is 0.465 e. The van der Waals surface area contributed by atoms with Crippen LogP contribution >= 0.6 is 11.3 Å². The van der Waals surface area contributed by atoms with Gasteiger partial charge in [-0.15, -0.1) is 0 Å². The summed E-state index contributed by atoms with van der Waals surface area (Å²) in [6.07, 6.45) is 4.17. The highest BCUT2D eigenvalue weighted by Gasteiger charge is 2.28. The van der Waals surface area contributed by atoms with Crippen molar-refractivity contribution in [1.29, 1.82) is 0 Å². The predicted molar refractivity (Wildman–Crippen MR) is 72.2 cm³/mol. The van der Waals surface area contributed by atoms with Gasteiger partial charge in [-0.1, -0.05) is 11.3 Å². The molecule has 0 saturated heterocycles. The average Bonchev–Trinajstić information content (AvgIpc) is 3.13. The predicted octanol–water partition coefficient (Wildman–Crippen LogP) is 1.82. The standard InChI is InChI=1S/C12H19N3O2S/c1-8(15(2)9-4-5-9)6-13-12-14-7-10(18-12)11(16)17-3/h7-9H,4-6H2,1-3H3,(H,13,14). The Kier molecular flexibility index (Phi) is 4.19. The molecule has 1 unspecified atom stereocenters. The molecule has 1 N–H and O–H groups in total. The molecule has 0 aliphatic heterocycles. The maximum atomic E-state index is 11.3. The number of thiazole rings is 1. The topological polar surface area (TPSA) is 54.5 Å². The first-order chi connectivity index (χ1) is 8.61. The zero-order valence-electron chi connectivity index (χ0n) is 11.0. The molecule has 0 aromatic carbocycles. The smallest absolute Gasteiger partial charge is 0.349 e. The number of aromatic nitrogens is 1. The van der Waals surface area contributed by atoms with E-state index >= 15 is 0 Å². The fourth-order valence-corrected chi connectivity index (χ4v) is 2.51. The molecule has 18 heavy (non-hydrogen) atoms. The molecule has 0 amide bonds. The van der Waals surface area contributed by atoms with Gasteiger partial charge in [-0.25, -0.2) is 9.78 Å². The second kappa shape index (κ2) is 5.67. The Bertz CT molecular complexity index is 417. The number of ether oxygens (including phenoxy) is 1. The lowest BCUT2D eigenvalue weighted by Crippen LogP contribution is -2.36. The minimum absolute atomic E-state index is 0.330. The zero-order chi connectivity index (χ0) is 13.1. The van der Waals surface area contributed by atoms with Crippen molar-refractivity contribution in [3.8, 4) is 0 Å². The van der Waals surface area contributed by atoms with Gasteiger partial charge < -0.3 is 10.1 Å². The summed E-state index contributed by atoms with van der Waals surface area (Å²) in [4.78, 5) is 18.4. The quantitative estimate of drug-likeness (QED) is 0.798. The van der Waals surface area contributed by atoms with Crippen molar-refractivity contribution < 1.29 is 9.53 Å². The van der Waals surface area contributed by atoms with Gasteiger partial charge in [0.2, 0.25) is 0 Å². The monoisotopic (exact) mass is 269 g/mol. The molecule has 0 spiro atoms. The van der Waals surface area contributed by atoms with Crippen molar-refractivity contribution in [2.75, 3.05) is 26.0 Å². The van der Waals surface area contributed by atoms with Crippen molar-refractivity contribution in [2.24, 2.45) is 0 Å². The van der Waals surface area contributed by atoms with Gasteiger partial charge in [0.15, 0.2) is 5.13 Å². The summed E-state index contributed by atoms with van der Waals surface area (Å²) in [5.74, 6) is -0.330. The molecule has 2 rings (SSSR count). The van der Waals surface area contributed by atoms with E-state index < -0.39 is 0 Å². The Morgan fingerprint density at radius 2 is 2.44 bits per heavy atom. The number of nitrogens with zero attached hydrogens (tertiary/aromatic N) is 2. The van der Waals surface area contributed by atoms with Crippen molar-refractivity contribution in [3.63, 3.8) is 0 Å². The Hall–Kier alpha value is -1.14. The third-order valence-corrected chi connectivity index (χ3v) is 4.19. The molecule has 1 aromatic rings. The number of carbonyl (C=O) groups excluding carboxylic acids is 1. The van der Waals surface area contributed by atoms with E-state index in [1.807, 2.05) is 0 Å². The summed E-state index contributed by atoms with van der Waals surface area (Å²) >= 11 is 1.33. The lowest BCUT2D eigenvalue weighted by Gasteiger charge is -2.24. The van der Waals surface area contributed by atoms with Crippen LogP contribution in [0.4, 0.5) is 5.13 Å². The Labute approximate surface area is 111 Å². The number of anilines is 1. The van der Waals surface area contributed by atoms with Crippen LogP contribution in [0.5, 0.6) is 0 Å². The van der Waals surface area contributed by atoms with E-state index in [0.717, 1.165) is 17.7 Å². The van der Waals surface area contributed by atoms with E-state index in [2.05, 4.69) is 33.9 Å². The second-order valence-electron chi connectivity index (χ2n) is 4.65. The molecular formula is C12H19N3O2S. The SMILES string of the molecule is COC(=O)c1cnc(NCC(C)N(C)C2CC2)s1. The van der Waals surface area contributed by atoms with Gasteiger partial charge >= 0.3 is 5.97 Å². The molecule has 1 aliphatic rings. The van der Waals surface area contributed by atoms with Gasteiger partial charge in [0.25, 0.3) is 0 Å². The molecule has 100 valence electrons. The van der Waals surface area contributed by atoms with E-state index in [0.29, 0.717) is 10.9 Å². The lowest BCUT2D eigenvalue weighted by atomic mass is 10.3. The van der Waals surface area contributed by atoms with E-state index in [1.165, 1.54) is 31.3 Å². The highest BCUT2D eigenvalue weighted by atomic mass is 32.1. The molecule has 6 heteroatoms. The van der Waals surface area contributed by atoms with E-state index in [1.54, 1.807) is 6.20 Å². The molecular weight excluding hydrogens is 250 g/mol. The summed E-state index contributed by atoms with van der Waals surface area (Å²) in [5.41, 5.74) is 0. The third kappa shape index (κ3) is 3.20. The fraction of sp³-hybridized carbons (Fsp3) is 0.667. The van der Waals surface area contributed by atoms with Crippen LogP contribution in [0.2, 0.25) is 0 Å². The first-order valence-corrected chi connectivity index (χ1v) is 6.93. The molecule has 1 atom stereocenters.